The van der Waals surface area contributed by atoms with Crippen LogP contribution in [0.3, 0.4) is 0 Å². The zero-order valence-corrected chi connectivity index (χ0v) is 14.8. The van der Waals surface area contributed by atoms with Gasteiger partial charge in [0.05, 0.1) is 11.9 Å². The van der Waals surface area contributed by atoms with E-state index in [1.54, 1.807) is 16.9 Å². The van der Waals surface area contributed by atoms with Crippen molar-refractivity contribution in [2.45, 2.75) is 25.8 Å². The van der Waals surface area contributed by atoms with Crippen LogP contribution in [0.1, 0.15) is 30.1 Å². The number of carbonyl (C=O) groups is 1. The van der Waals surface area contributed by atoms with E-state index in [2.05, 4.69) is 10.1 Å². The van der Waals surface area contributed by atoms with Crippen molar-refractivity contribution in [2.24, 2.45) is 0 Å². The first-order valence-corrected chi connectivity index (χ1v) is 9.06. The van der Waals surface area contributed by atoms with Gasteiger partial charge in [-0.25, -0.2) is 9.50 Å². The Kier molecular flexibility index (Phi) is 4.67. The highest BCUT2D eigenvalue weighted by atomic mass is 16.5. The van der Waals surface area contributed by atoms with Crippen LogP contribution in [0, 0.1) is 0 Å². The highest BCUT2D eigenvalue weighted by Gasteiger charge is 2.25. The molecule has 0 aliphatic carbocycles. The lowest BCUT2D eigenvalue weighted by molar-refractivity contribution is 0.0305. The number of carbonyl (C=O) groups excluding carboxylic acids is 1. The van der Waals surface area contributed by atoms with E-state index in [0.29, 0.717) is 12.1 Å². The Morgan fingerprint density at radius 1 is 1.23 bits per heavy atom. The van der Waals surface area contributed by atoms with Gasteiger partial charge in [-0.15, -0.1) is 0 Å². The molecule has 0 saturated carbocycles. The molecule has 0 unspecified atom stereocenters. The van der Waals surface area contributed by atoms with Crippen LogP contribution >= 0.6 is 0 Å². The molecule has 0 atom stereocenters. The maximum absolute atomic E-state index is 12.9. The molecular formula is C20H22N4O2. The van der Waals surface area contributed by atoms with Crippen molar-refractivity contribution in [3.63, 3.8) is 0 Å². The molecule has 0 bridgehead atoms. The van der Waals surface area contributed by atoms with Gasteiger partial charge in [0, 0.05) is 43.1 Å². The van der Waals surface area contributed by atoms with Crippen LogP contribution in [0.5, 0.6) is 0 Å². The van der Waals surface area contributed by atoms with Gasteiger partial charge in [-0.2, -0.15) is 5.10 Å². The van der Waals surface area contributed by atoms with E-state index in [-0.39, 0.29) is 11.9 Å². The first-order chi connectivity index (χ1) is 12.8. The molecule has 134 valence electrons. The monoisotopic (exact) mass is 350 g/mol. The molecule has 0 radical (unpaired) electrons. The standard InChI is InChI=1S/C20H22N4O2/c1-2-23(17-9-12-26-13-10-17)20(25)16-7-5-15(6-8-16)18-14-21-19-4-3-11-22-24(18)19/h3-8,11,14,17H,2,9-10,12-13H2,1H3. The lowest BCUT2D eigenvalue weighted by atomic mass is 10.0. The summed E-state index contributed by atoms with van der Waals surface area (Å²) in [6, 6.07) is 11.8. The number of imidazole rings is 1. The Hall–Kier alpha value is -2.73. The third kappa shape index (κ3) is 3.08. The summed E-state index contributed by atoms with van der Waals surface area (Å²) in [5.41, 5.74) is 3.42. The minimum absolute atomic E-state index is 0.0854. The average Bonchev–Trinajstić information content (AvgIpc) is 3.13. The maximum atomic E-state index is 12.9. The number of hydrogen-bond acceptors (Lipinski definition) is 4. The molecule has 0 N–H and O–H groups in total. The van der Waals surface area contributed by atoms with Crippen LogP contribution in [0.15, 0.2) is 48.8 Å². The Morgan fingerprint density at radius 3 is 2.73 bits per heavy atom. The Labute approximate surface area is 152 Å². The van der Waals surface area contributed by atoms with Crippen LogP contribution < -0.4 is 0 Å². The van der Waals surface area contributed by atoms with Gasteiger partial charge in [0.2, 0.25) is 0 Å². The predicted octanol–water partition coefficient (Wildman–Crippen LogP) is 3.04. The number of benzene rings is 1. The van der Waals surface area contributed by atoms with E-state index < -0.39 is 0 Å². The topological polar surface area (TPSA) is 59.7 Å². The predicted molar refractivity (Wildman–Crippen MR) is 99.0 cm³/mol. The highest BCUT2D eigenvalue weighted by Crippen LogP contribution is 2.22. The Morgan fingerprint density at radius 2 is 2.00 bits per heavy atom. The summed E-state index contributed by atoms with van der Waals surface area (Å²) in [5.74, 6) is 0.0854. The van der Waals surface area contributed by atoms with Crippen LogP contribution in [0.4, 0.5) is 0 Å². The van der Waals surface area contributed by atoms with Crippen LogP contribution in [-0.4, -0.2) is 51.2 Å². The summed E-state index contributed by atoms with van der Waals surface area (Å²) in [6.45, 7) is 4.21. The molecule has 1 aliphatic rings. The van der Waals surface area contributed by atoms with E-state index in [9.17, 15) is 4.79 Å². The van der Waals surface area contributed by atoms with Crippen LogP contribution in [0.25, 0.3) is 16.9 Å². The summed E-state index contributed by atoms with van der Waals surface area (Å²) in [4.78, 5) is 19.3. The molecule has 1 fully saturated rings. The Bertz CT molecular complexity index is 898. The lowest BCUT2D eigenvalue weighted by Crippen LogP contribution is -2.43. The number of rotatable bonds is 4. The SMILES string of the molecule is CCN(C(=O)c1ccc(-c2cnc3cccnn23)cc1)C1CCOCC1. The smallest absolute Gasteiger partial charge is 0.254 e. The molecule has 3 heterocycles. The van der Waals surface area contributed by atoms with E-state index in [0.717, 1.165) is 43.0 Å². The second kappa shape index (κ2) is 7.25. The number of hydrogen-bond donors (Lipinski definition) is 0. The molecular weight excluding hydrogens is 328 g/mol. The average molecular weight is 350 g/mol. The number of amides is 1. The van der Waals surface area contributed by atoms with Crippen LogP contribution in [0.2, 0.25) is 0 Å². The van der Waals surface area contributed by atoms with Crippen molar-refractivity contribution in [1.29, 1.82) is 0 Å². The molecule has 26 heavy (non-hydrogen) atoms. The highest BCUT2D eigenvalue weighted by molar-refractivity contribution is 5.95. The normalized spacial score (nSPS) is 15.3. The lowest BCUT2D eigenvalue weighted by Gasteiger charge is -2.33. The number of aromatic nitrogens is 3. The summed E-state index contributed by atoms with van der Waals surface area (Å²) in [6.07, 6.45) is 5.36. The fourth-order valence-electron chi connectivity index (χ4n) is 3.54. The summed E-state index contributed by atoms with van der Waals surface area (Å²) in [5, 5.41) is 4.34. The van der Waals surface area contributed by atoms with E-state index in [1.807, 2.05) is 48.2 Å². The molecule has 1 amide bonds. The minimum Gasteiger partial charge on any atom is -0.381 e. The minimum atomic E-state index is 0.0854. The molecule has 3 aromatic rings. The zero-order valence-electron chi connectivity index (χ0n) is 14.8. The van der Waals surface area contributed by atoms with Crippen molar-refractivity contribution >= 4 is 11.6 Å². The van der Waals surface area contributed by atoms with Gasteiger partial charge in [-0.1, -0.05) is 12.1 Å². The number of nitrogens with zero attached hydrogens (tertiary/aromatic N) is 4. The molecule has 1 aromatic carbocycles. The first-order valence-electron chi connectivity index (χ1n) is 9.06. The van der Waals surface area contributed by atoms with Gasteiger partial charge in [-0.3, -0.25) is 4.79 Å². The molecule has 4 rings (SSSR count). The number of ether oxygens (including phenoxy) is 1. The molecule has 2 aromatic heterocycles. The van der Waals surface area contributed by atoms with Gasteiger partial charge >= 0.3 is 0 Å². The maximum Gasteiger partial charge on any atom is 0.254 e. The second-order valence-electron chi connectivity index (χ2n) is 6.45. The molecule has 0 spiro atoms. The van der Waals surface area contributed by atoms with E-state index in [4.69, 9.17) is 4.74 Å². The summed E-state index contributed by atoms with van der Waals surface area (Å²) < 4.78 is 7.22. The molecule has 1 aliphatic heterocycles. The third-order valence-corrected chi connectivity index (χ3v) is 4.94. The van der Waals surface area contributed by atoms with Gasteiger partial charge < -0.3 is 9.64 Å². The Balaban J connectivity index is 1.58. The van der Waals surface area contributed by atoms with Crippen LogP contribution in [-0.2, 0) is 4.74 Å². The van der Waals surface area contributed by atoms with Gasteiger partial charge in [0.25, 0.3) is 5.91 Å². The van der Waals surface area contributed by atoms with Crippen molar-refractivity contribution in [3.8, 4) is 11.3 Å². The van der Waals surface area contributed by atoms with E-state index in [1.165, 1.54) is 0 Å². The van der Waals surface area contributed by atoms with Crippen molar-refractivity contribution in [2.75, 3.05) is 19.8 Å². The third-order valence-electron chi connectivity index (χ3n) is 4.94. The zero-order chi connectivity index (χ0) is 17.9. The van der Waals surface area contributed by atoms with Gasteiger partial charge in [-0.05, 0) is 44.0 Å². The van der Waals surface area contributed by atoms with Crippen molar-refractivity contribution in [1.82, 2.24) is 19.5 Å². The fourth-order valence-corrected chi connectivity index (χ4v) is 3.54. The second-order valence-corrected chi connectivity index (χ2v) is 6.45. The van der Waals surface area contributed by atoms with Crippen molar-refractivity contribution < 1.29 is 9.53 Å². The van der Waals surface area contributed by atoms with Gasteiger partial charge in [0.1, 0.15) is 0 Å². The molecule has 6 nitrogen and oxygen atoms in total. The molecule has 1 saturated heterocycles. The number of fused-ring (bicyclic) bond motifs is 1. The first kappa shape index (κ1) is 16.7. The summed E-state index contributed by atoms with van der Waals surface area (Å²) in [7, 11) is 0. The van der Waals surface area contributed by atoms with E-state index >= 15 is 0 Å². The fraction of sp³-hybridized carbons (Fsp3) is 0.350. The largest absolute Gasteiger partial charge is 0.381 e. The summed E-state index contributed by atoms with van der Waals surface area (Å²) >= 11 is 0. The van der Waals surface area contributed by atoms with Crippen molar-refractivity contribution in [3.05, 3.63) is 54.4 Å². The molecule has 6 heteroatoms. The quantitative estimate of drug-likeness (QED) is 0.726. The van der Waals surface area contributed by atoms with Gasteiger partial charge in [0.15, 0.2) is 5.65 Å².